The van der Waals surface area contributed by atoms with E-state index in [0.717, 1.165) is 24.1 Å². The average Bonchev–Trinajstić information content (AvgIpc) is 2.83. The zero-order valence-corrected chi connectivity index (χ0v) is 23.1. The normalized spacial score (nSPS) is 16.2. The largest absolute Gasteiger partial charge is 0.436 e. The number of carbonyl (C=O) groups excluding carboxylic acids is 2. The van der Waals surface area contributed by atoms with Gasteiger partial charge in [0.2, 0.25) is 11.8 Å². The maximum atomic E-state index is 13.6. The first-order valence-corrected chi connectivity index (χ1v) is 14.0. The fourth-order valence-corrected chi connectivity index (χ4v) is 5.36. The van der Waals surface area contributed by atoms with Crippen LogP contribution in [0.4, 0.5) is 32.0 Å². The van der Waals surface area contributed by atoms with Crippen molar-refractivity contribution in [3.63, 3.8) is 0 Å². The monoisotopic (exact) mass is 615 g/mol. The minimum Gasteiger partial charge on any atom is -0.436 e. The molecule has 0 bridgehead atoms. The lowest BCUT2D eigenvalue weighted by atomic mass is 10.0. The lowest BCUT2D eigenvalue weighted by molar-refractivity contribution is -0.142. The van der Waals surface area contributed by atoms with E-state index in [4.69, 9.17) is 4.74 Å². The van der Waals surface area contributed by atoms with Crippen LogP contribution in [0.1, 0.15) is 27.2 Å². The van der Waals surface area contributed by atoms with Gasteiger partial charge in [-0.2, -0.15) is 21.9 Å². The summed E-state index contributed by atoms with van der Waals surface area (Å²) in [6.45, 7) is 0.749. The van der Waals surface area contributed by atoms with E-state index < -0.39 is 81.8 Å². The van der Waals surface area contributed by atoms with Crippen molar-refractivity contribution < 1.29 is 44.9 Å². The summed E-state index contributed by atoms with van der Waals surface area (Å²) in [6.07, 6.45) is -3.21. The van der Waals surface area contributed by atoms with Crippen LogP contribution in [0.15, 0.2) is 51.9 Å². The third-order valence-electron chi connectivity index (χ3n) is 6.12. The van der Waals surface area contributed by atoms with Crippen molar-refractivity contribution in [2.45, 2.75) is 30.8 Å². The fraction of sp³-hybridized carbons (Fsp3) is 0.308. The highest BCUT2D eigenvalue weighted by Gasteiger charge is 2.44. The van der Waals surface area contributed by atoms with Crippen molar-refractivity contribution in [2.75, 3.05) is 31.2 Å². The number of aromatic nitrogens is 2. The maximum absolute atomic E-state index is 13.6. The molecule has 42 heavy (non-hydrogen) atoms. The summed E-state index contributed by atoms with van der Waals surface area (Å²) in [7, 11) is -3.40. The number of carbonyl (C=O) groups is 2. The fourth-order valence-electron chi connectivity index (χ4n) is 4.13. The van der Waals surface area contributed by atoms with Crippen molar-refractivity contribution in [2.24, 2.45) is 4.36 Å². The molecule has 1 aliphatic rings. The second-order valence-corrected chi connectivity index (χ2v) is 11.8. The van der Waals surface area contributed by atoms with Gasteiger partial charge in [-0.3, -0.25) is 14.5 Å². The lowest BCUT2D eigenvalue weighted by Gasteiger charge is -2.37. The molecule has 16 heteroatoms. The van der Waals surface area contributed by atoms with E-state index in [1.165, 1.54) is 37.3 Å². The summed E-state index contributed by atoms with van der Waals surface area (Å²) in [5.74, 6) is -6.24. The van der Waals surface area contributed by atoms with Crippen LogP contribution in [0.5, 0.6) is 11.6 Å². The third kappa shape index (κ3) is 7.05. The Balaban J connectivity index is 1.63. The second kappa shape index (κ2) is 11.3. The number of alkyl halides is 5. The predicted molar refractivity (Wildman–Crippen MR) is 139 cm³/mol. The maximum Gasteiger partial charge on any atom is 0.418 e. The first-order valence-electron chi connectivity index (χ1n) is 12.1. The number of benzene rings is 1. The first-order chi connectivity index (χ1) is 19.4. The number of amides is 2. The Kier molecular flexibility index (Phi) is 8.33. The number of halogens is 6. The number of nitrogens with zero attached hydrogens (tertiary/aromatic N) is 4. The predicted octanol–water partition coefficient (Wildman–Crippen LogP) is 5.23. The molecule has 1 N–H and O–H groups in total. The van der Waals surface area contributed by atoms with E-state index in [1.54, 1.807) is 0 Å². The summed E-state index contributed by atoms with van der Waals surface area (Å²) in [5, 5.41) is 2.41. The highest BCUT2D eigenvalue weighted by molar-refractivity contribution is 7.93. The Morgan fingerprint density at radius 3 is 2.48 bits per heavy atom. The van der Waals surface area contributed by atoms with Gasteiger partial charge in [-0.25, -0.2) is 23.0 Å². The summed E-state index contributed by atoms with van der Waals surface area (Å²) in [4.78, 5) is 34.0. The molecule has 0 saturated carbocycles. The molecule has 1 fully saturated rings. The van der Waals surface area contributed by atoms with Crippen LogP contribution >= 0.6 is 0 Å². The van der Waals surface area contributed by atoms with E-state index in [9.17, 15) is 40.1 Å². The molecule has 1 saturated heterocycles. The van der Waals surface area contributed by atoms with E-state index >= 15 is 0 Å². The van der Waals surface area contributed by atoms with Crippen LogP contribution in [0.2, 0.25) is 0 Å². The average molecular weight is 616 g/mol. The lowest BCUT2D eigenvalue weighted by Crippen LogP contribution is -2.57. The molecule has 0 aliphatic carbocycles. The second-order valence-electron chi connectivity index (χ2n) is 9.56. The number of ether oxygens (including phenoxy) is 1. The molecule has 1 aliphatic heterocycles. The summed E-state index contributed by atoms with van der Waals surface area (Å²) < 4.78 is 103. The Morgan fingerprint density at radius 1 is 1.17 bits per heavy atom. The van der Waals surface area contributed by atoms with Gasteiger partial charge in [0.05, 0.1) is 40.6 Å². The standard InChI is InChI=1S/C26H23F6N5O4S/c1-14-18(26(30,31)32)10-33-24(41-19-7-8-20(27)34-15(19)2)22(14)23(39)35-16-5-4-6-17(9-16)42(3,40)36-21(38)11-37-12-25(28,29)13-37/h4-10H,11-13H2,1-3H3,(H,35,39)/t42-/m1/s1. The minimum atomic E-state index is -4.86. The van der Waals surface area contributed by atoms with Crippen molar-refractivity contribution in [1.29, 1.82) is 0 Å². The van der Waals surface area contributed by atoms with Gasteiger partial charge >= 0.3 is 6.18 Å². The van der Waals surface area contributed by atoms with Gasteiger partial charge in [-0.1, -0.05) is 6.07 Å². The van der Waals surface area contributed by atoms with Gasteiger partial charge in [0.15, 0.2) is 5.75 Å². The molecule has 0 spiro atoms. The molecule has 3 heterocycles. The van der Waals surface area contributed by atoms with Crippen molar-refractivity contribution >= 4 is 27.2 Å². The van der Waals surface area contributed by atoms with E-state index in [-0.39, 0.29) is 22.0 Å². The number of rotatable bonds is 7. The number of aryl methyl sites for hydroxylation is 1. The van der Waals surface area contributed by atoms with Crippen LogP contribution in [0, 0.1) is 19.8 Å². The molecular weight excluding hydrogens is 592 g/mol. The van der Waals surface area contributed by atoms with Gasteiger partial charge in [0.25, 0.3) is 17.7 Å². The molecule has 0 radical (unpaired) electrons. The Labute approximate surface area is 236 Å². The van der Waals surface area contributed by atoms with Gasteiger partial charge in [-0.15, -0.1) is 0 Å². The zero-order chi connectivity index (χ0) is 31.0. The summed E-state index contributed by atoms with van der Waals surface area (Å²) >= 11 is 0. The topological polar surface area (TPSA) is 114 Å². The molecule has 2 aromatic heterocycles. The molecule has 1 atom stereocenters. The van der Waals surface area contributed by atoms with Crippen molar-refractivity contribution in [3.8, 4) is 11.6 Å². The first kappa shape index (κ1) is 30.9. The van der Waals surface area contributed by atoms with Crippen LogP contribution in [0.25, 0.3) is 0 Å². The van der Waals surface area contributed by atoms with Crippen molar-refractivity contribution in [3.05, 3.63) is 70.9 Å². The Morgan fingerprint density at radius 2 is 1.86 bits per heavy atom. The number of likely N-dealkylation sites (tertiary alicyclic amines) is 1. The summed E-state index contributed by atoms with van der Waals surface area (Å²) in [6, 6.07) is 7.41. The SMILES string of the molecule is Cc1nc(F)ccc1Oc1ncc(C(F)(F)F)c(C)c1C(=O)Nc1cccc([S@@](C)(=O)=NC(=O)CN2CC(F)(F)C2)c1. The van der Waals surface area contributed by atoms with Crippen LogP contribution in [-0.2, 0) is 20.7 Å². The van der Waals surface area contributed by atoms with E-state index in [0.29, 0.717) is 6.20 Å². The zero-order valence-electron chi connectivity index (χ0n) is 22.3. The number of hydrogen-bond donors (Lipinski definition) is 1. The Bertz CT molecular complexity index is 1680. The molecule has 1 aromatic carbocycles. The van der Waals surface area contributed by atoms with Crippen LogP contribution in [-0.4, -0.2) is 62.7 Å². The number of pyridine rings is 2. The van der Waals surface area contributed by atoms with Gasteiger partial charge in [0, 0.05) is 23.0 Å². The number of nitrogens with one attached hydrogen (secondary N) is 1. The number of anilines is 1. The molecule has 9 nitrogen and oxygen atoms in total. The van der Waals surface area contributed by atoms with E-state index in [2.05, 4.69) is 19.6 Å². The van der Waals surface area contributed by atoms with Gasteiger partial charge in [-0.05, 0) is 49.7 Å². The summed E-state index contributed by atoms with van der Waals surface area (Å²) in [5.41, 5.74) is -2.25. The van der Waals surface area contributed by atoms with Gasteiger partial charge in [0.1, 0.15) is 5.56 Å². The molecule has 3 aromatic rings. The highest BCUT2D eigenvalue weighted by atomic mass is 32.2. The van der Waals surface area contributed by atoms with Crippen LogP contribution < -0.4 is 10.1 Å². The molecule has 0 unspecified atom stereocenters. The highest BCUT2D eigenvalue weighted by Crippen LogP contribution is 2.37. The molecular formula is C26H23F6N5O4S. The molecule has 4 rings (SSSR count). The third-order valence-corrected chi connectivity index (χ3v) is 7.80. The molecule has 2 amide bonds. The van der Waals surface area contributed by atoms with Gasteiger partial charge < -0.3 is 10.1 Å². The van der Waals surface area contributed by atoms with E-state index in [1.807, 2.05) is 0 Å². The quantitative estimate of drug-likeness (QED) is 0.286. The van der Waals surface area contributed by atoms with Crippen molar-refractivity contribution in [1.82, 2.24) is 14.9 Å². The van der Waals surface area contributed by atoms with Crippen LogP contribution in [0.3, 0.4) is 0 Å². The number of hydrogen-bond acceptors (Lipinski definition) is 7. The molecule has 224 valence electrons. The smallest absolute Gasteiger partial charge is 0.418 e. The Hall–Kier alpha value is -4.05. The minimum absolute atomic E-state index is 0.00837.